The maximum absolute atomic E-state index is 12.5. The van der Waals surface area contributed by atoms with Gasteiger partial charge in [0.25, 0.3) is 17.5 Å². The van der Waals surface area contributed by atoms with E-state index in [0.717, 1.165) is 11.1 Å². The van der Waals surface area contributed by atoms with Crippen molar-refractivity contribution in [2.45, 2.75) is 6.42 Å². The van der Waals surface area contributed by atoms with Crippen LogP contribution in [0.5, 0.6) is 0 Å². The van der Waals surface area contributed by atoms with Gasteiger partial charge in [0.1, 0.15) is 0 Å². The number of rotatable bonds is 4. The average Bonchev–Trinajstić information content (AvgIpc) is 3.09. The van der Waals surface area contributed by atoms with E-state index < -0.39 is 4.92 Å². The van der Waals surface area contributed by atoms with E-state index in [4.69, 9.17) is 0 Å². The second kappa shape index (κ2) is 7.18. The van der Waals surface area contributed by atoms with Gasteiger partial charge in [-0.3, -0.25) is 19.7 Å². The van der Waals surface area contributed by atoms with Gasteiger partial charge >= 0.3 is 0 Å². The number of hydrogen-bond donors (Lipinski definition) is 1. The molecule has 0 unspecified atom stereocenters. The molecule has 7 nitrogen and oxygen atoms in total. The van der Waals surface area contributed by atoms with Crippen LogP contribution in [0, 0.1) is 10.1 Å². The lowest BCUT2D eigenvalue weighted by molar-refractivity contribution is -0.384. The van der Waals surface area contributed by atoms with E-state index in [-0.39, 0.29) is 17.5 Å². The van der Waals surface area contributed by atoms with E-state index in [1.165, 1.54) is 23.1 Å². The van der Waals surface area contributed by atoms with Gasteiger partial charge in [-0.05, 0) is 35.8 Å². The lowest BCUT2D eigenvalue weighted by Gasteiger charge is -2.14. The Morgan fingerprint density at radius 3 is 2.58 bits per heavy atom. The van der Waals surface area contributed by atoms with Crippen LogP contribution in [0.25, 0.3) is 6.08 Å². The van der Waals surface area contributed by atoms with E-state index >= 15 is 0 Å². The van der Waals surface area contributed by atoms with Crippen LogP contribution in [0.15, 0.2) is 48.5 Å². The molecule has 0 fully saturated rings. The van der Waals surface area contributed by atoms with Crippen molar-refractivity contribution < 1.29 is 14.5 Å². The van der Waals surface area contributed by atoms with Crippen LogP contribution in [0.1, 0.15) is 21.5 Å². The zero-order valence-electron chi connectivity index (χ0n) is 14.1. The van der Waals surface area contributed by atoms with Crippen LogP contribution in [0.3, 0.4) is 0 Å². The Morgan fingerprint density at radius 1 is 1.19 bits per heavy atom. The highest BCUT2D eigenvalue weighted by Crippen LogP contribution is 2.31. The maximum Gasteiger partial charge on any atom is 0.271 e. The van der Waals surface area contributed by atoms with Crippen LogP contribution in [0.4, 0.5) is 11.4 Å². The smallest absolute Gasteiger partial charge is 0.271 e. The first-order valence-electron chi connectivity index (χ1n) is 8.08. The Bertz CT molecular complexity index is 904. The first kappa shape index (κ1) is 17.3. The van der Waals surface area contributed by atoms with Crippen molar-refractivity contribution in [2.24, 2.45) is 0 Å². The molecule has 0 bridgehead atoms. The molecule has 2 aromatic carbocycles. The molecule has 1 aliphatic heterocycles. The predicted molar refractivity (Wildman–Crippen MR) is 98.0 cm³/mol. The summed E-state index contributed by atoms with van der Waals surface area (Å²) in [5, 5.41) is 13.5. The third-order valence-corrected chi connectivity index (χ3v) is 4.26. The normalized spacial score (nSPS) is 12.9. The van der Waals surface area contributed by atoms with E-state index in [2.05, 4.69) is 5.32 Å². The SMILES string of the molecule is CNC(=O)c1ccc(C=CC(=O)N2CCc3ccc([N+](=O)[O-])cc32)cc1. The molecule has 26 heavy (non-hydrogen) atoms. The summed E-state index contributed by atoms with van der Waals surface area (Å²) in [6.07, 6.45) is 3.77. The Morgan fingerprint density at radius 2 is 1.92 bits per heavy atom. The summed E-state index contributed by atoms with van der Waals surface area (Å²) in [6, 6.07) is 11.4. The molecule has 0 aliphatic carbocycles. The fourth-order valence-corrected chi connectivity index (χ4v) is 2.86. The number of carbonyl (C=O) groups excluding carboxylic acids is 2. The van der Waals surface area contributed by atoms with Crippen LogP contribution in [0.2, 0.25) is 0 Å². The zero-order chi connectivity index (χ0) is 18.7. The van der Waals surface area contributed by atoms with Gasteiger partial charge in [0.2, 0.25) is 0 Å². The molecular weight excluding hydrogens is 334 g/mol. The third-order valence-electron chi connectivity index (χ3n) is 4.26. The molecule has 2 aromatic rings. The highest BCUT2D eigenvalue weighted by atomic mass is 16.6. The van der Waals surface area contributed by atoms with Gasteiger partial charge < -0.3 is 10.2 Å². The predicted octanol–water partition coefficient (Wildman–Crippen LogP) is 2.56. The highest BCUT2D eigenvalue weighted by Gasteiger charge is 2.25. The number of benzene rings is 2. The molecule has 1 N–H and O–H groups in total. The van der Waals surface area contributed by atoms with Crippen molar-refractivity contribution in [3.63, 3.8) is 0 Å². The molecule has 2 amide bonds. The van der Waals surface area contributed by atoms with Crippen molar-refractivity contribution in [1.82, 2.24) is 5.32 Å². The van der Waals surface area contributed by atoms with Crippen LogP contribution < -0.4 is 10.2 Å². The van der Waals surface area contributed by atoms with Crippen molar-refractivity contribution in [1.29, 1.82) is 0 Å². The maximum atomic E-state index is 12.5. The van der Waals surface area contributed by atoms with Crippen molar-refractivity contribution in [3.8, 4) is 0 Å². The molecule has 0 spiro atoms. The minimum atomic E-state index is -0.467. The summed E-state index contributed by atoms with van der Waals surface area (Å²) in [5.41, 5.74) is 2.80. The van der Waals surface area contributed by atoms with Gasteiger partial charge in [-0.1, -0.05) is 18.2 Å². The van der Waals surface area contributed by atoms with Crippen molar-refractivity contribution in [3.05, 3.63) is 75.3 Å². The Balaban J connectivity index is 1.75. The summed E-state index contributed by atoms with van der Waals surface area (Å²) < 4.78 is 0. The number of nitro groups is 1. The lowest BCUT2D eigenvalue weighted by atomic mass is 10.1. The molecule has 0 atom stereocenters. The Kier molecular flexibility index (Phi) is 4.79. The minimum absolute atomic E-state index is 0.0304. The first-order chi connectivity index (χ1) is 12.5. The summed E-state index contributed by atoms with van der Waals surface area (Å²) in [5.74, 6) is -0.411. The number of nitro benzene ring substituents is 1. The second-order valence-corrected chi connectivity index (χ2v) is 5.84. The Labute approximate surface area is 150 Å². The number of anilines is 1. The quantitative estimate of drug-likeness (QED) is 0.520. The van der Waals surface area contributed by atoms with Gasteiger partial charge in [-0.25, -0.2) is 0 Å². The van der Waals surface area contributed by atoms with Crippen LogP contribution in [-0.4, -0.2) is 30.3 Å². The van der Waals surface area contributed by atoms with E-state index in [1.54, 1.807) is 43.5 Å². The van der Waals surface area contributed by atoms with Crippen molar-refractivity contribution >= 4 is 29.3 Å². The molecule has 132 valence electrons. The topological polar surface area (TPSA) is 92.6 Å². The molecule has 3 rings (SSSR count). The molecule has 1 heterocycles. The molecule has 0 saturated heterocycles. The largest absolute Gasteiger partial charge is 0.355 e. The number of nitrogens with one attached hydrogen (secondary N) is 1. The fraction of sp³-hybridized carbons (Fsp3) is 0.158. The monoisotopic (exact) mass is 351 g/mol. The number of hydrogen-bond acceptors (Lipinski definition) is 4. The van der Waals surface area contributed by atoms with E-state index in [1.807, 2.05) is 0 Å². The number of fused-ring (bicyclic) bond motifs is 1. The van der Waals surface area contributed by atoms with E-state index in [9.17, 15) is 19.7 Å². The number of non-ortho nitro benzene ring substituents is 1. The molecule has 0 saturated carbocycles. The molecule has 0 aromatic heterocycles. The molecule has 0 radical (unpaired) electrons. The number of amides is 2. The fourth-order valence-electron chi connectivity index (χ4n) is 2.86. The summed E-state index contributed by atoms with van der Waals surface area (Å²) in [6.45, 7) is 0.495. The van der Waals surface area contributed by atoms with Crippen LogP contribution >= 0.6 is 0 Å². The minimum Gasteiger partial charge on any atom is -0.355 e. The first-order valence-corrected chi connectivity index (χ1v) is 8.08. The summed E-state index contributed by atoms with van der Waals surface area (Å²) in [4.78, 5) is 36.0. The molecular formula is C19H17N3O4. The van der Waals surface area contributed by atoms with Gasteiger partial charge in [-0.2, -0.15) is 0 Å². The van der Waals surface area contributed by atoms with Gasteiger partial charge in [0, 0.05) is 37.4 Å². The summed E-state index contributed by atoms with van der Waals surface area (Å²) >= 11 is 0. The second-order valence-electron chi connectivity index (χ2n) is 5.84. The number of nitrogens with zero attached hydrogens (tertiary/aromatic N) is 2. The standard InChI is InChI=1S/C19H17N3O4/c1-20-19(24)15-5-2-13(3-6-15)4-9-18(23)21-11-10-14-7-8-16(22(25)26)12-17(14)21/h2-9,12H,10-11H2,1H3,(H,20,24). The number of carbonyl (C=O) groups is 2. The van der Waals surface area contributed by atoms with Crippen molar-refractivity contribution in [2.75, 3.05) is 18.5 Å². The zero-order valence-corrected chi connectivity index (χ0v) is 14.1. The van der Waals surface area contributed by atoms with Gasteiger partial charge in [0.05, 0.1) is 10.6 Å². The molecule has 7 heteroatoms. The third kappa shape index (κ3) is 3.46. The van der Waals surface area contributed by atoms with Gasteiger partial charge in [-0.15, -0.1) is 0 Å². The lowest BCUT2D eigenvalue weighted by Crippen LogP contribution is -2.26. The Hall–Kier alpha value is -3.48. The summed E-state index contributed by atoms with van der Waals surface area (Å²) in [7, 11) is 1.56. The van der Waals surface area contributed by atoms with E-state index in [0.29, 0.717) is 24.2 Å². The highest BCUT2D eigenvalue weighted by molar-refractivity contribution is 6.05. The average molecular weight is 351 g/mol. The van der Waals surface area contributed by atoms with Crippen LogP contribution in [-0.2, 0) is 11.2 Å². The van der Waals surface area contributed by atoms with Gasteiger partial charge in [0.15, 0.2) is 0 Å². The molecule has 1 aliphatic rings.